The van der Waals surface area contributed by atoms with Crippen LogP contribution in [0.15, 0.2) is 42.7 Å². The number of carbonyl (C=O) groups is 1. The van der Waals surface area contributed by atoms with Gasteiger partial charge in [0.1, 0.15) is 35.3 Å². The highest BCUT2D eigenvalue weighted by Crippen LogP contribution is 2.34. The first kappa shape index (κ1) is 17.2. The molecule has 1 saturated heterocycles. The van der Waals surface area contributed by atoms with Crippen LogP contribution in [0.5, 0.6) is 5.75 Å². The monoisotopic (exact) mass is 366 g/mol. The van der Waals surface area contributed by atoms with Crippen LogP contribution in [0.4, 0.5) is 10.2 Å². The molecule has 3 aromatic rings. The first-order valence-electron chi connectivity index (χ1n) is 8.67. The number of methoxy groups -OCH3 is 1. The lowest BCUT2D eigenvalue weighted by Crippen LogP contribution is -2.31. The molecule has 138 valence electrons. The van der Waals surface area contributed by atoms with Gasteiger partial charge in [-0.15, -0.1) is 0 Å². The van der Waals surface area contributed by atoms with Gasteiger partial charge in [-0.2, -0.15) is 0 Å². The van der Waals surface area contributed by atoms with Gasteiger partial charge < -0.3 is 15.0 Å². The van der Waals surface area contributed by atoms with Gasteiger partial charge in [-0.1, -0.05) is 12.1 Å². The average molecular weight is 366 g/mol. The van der Waals surface area contributed by atoms with E-state index < -0.39 is 0 Å². The Labute approximate surface area is 156 Å². The second-order valence-corrected chi connectivity index (χ2v) is 6.55. The number of rotatable bonds is 4. The quantitative estimate of drug-likeness (QED) is 0.769. The maximum atomic E-state index is 13.3. The van der Waals surface area contributed by atoms with Gasteiger partial charge in [-0.05, 0) is 41.8 Å². The Morgan fingerprint density at radius 2 is 1.96 bits per heavy atom. The number of likely N-dealkylation sites (N-methyl/N-ethyl adjacent to an activating group) is 1. The standard InChI is InChI=1S/C20H19FN4O2/c1-25-8-7-16(20(25)26)24-19-15-9-13(12-3-5-14(21)6-4-12)10-17(27-2)18(15)22-11-23-19/h3-6,9-11,16H,7-8H2,1-2H3,(H,22,23,24). The number of fused-ring (bicyclic) bond motifs is 1. The van der Waals surface area contributed by atoms with Crippen LogP contribution in [0.3, 0.4) is 0 Å². The Hall–Kier alpha value is -3.22. The molecule has 27 heavy (non-hydrogen) atoms. The number of hydrogen-bond acceptors (Lipinski definition) is 5. The molecule has 1 fully saturated rings. The maximum Gasteiger partial charge on any atom is 0.244 e. The molecule has 1 unspecified atom stereocenters. The summed E-state index contributed by atoms with van der Waals surface area (Å²) in [6.07, 6.45) is 2.17. The number of benzene rings is 2. The van der Waals surface area contributed by atoms with Crippen molar-refractivity contribution in [2.24, 2.45) is 0 Å². The van der Waals surface area contributed by atoms with Gasteiger partial charge in [-0.25, -0.2) is 14.4 Å². The van der Waals surface area contributed by atoms with Gasteiger partial charge in [-0.3, -0.25) is 4.79 Å². The van der Waals surface area contributed by atoms with Crippen LogP contribution in [-0.2, 0) is 4.79 Å². The van der Waals surface area contributed by atoms with Crippen molar-refractivity contribution in [1.29, 1.82) is 0 Å². The van der Waals surface area contributed by atoms with E-state index in [1.807, 2.05) is 12.1 Å². The van der Waals surface area contributed by atoms with Gasteiger partial charge in [0.2, 0.25) is 5.91 Å². The van der Waals surface area contributed by atoms with Gasteiger partial charge in [0, 0.05) is 19.0 Å². The van der Waals surface area contributed by atoms with Gasteiger partial charge >= 0.3 is 0 Å². The van der Waals surface area contributed by atoms with E-state index >= 15 is 0 Å². The van der Waals surface area contributed by atoms with Crippen molar-refractivity contribution >= 4 is 22.6 Å². The van der Waals surface area contributed by atoms with E-state index in [1.54, 1.807) is 31.2 Å². The Morgan fingerprint density at radius 3 is 2.63 bits per heavy atom. The van der Waals surface area contributed by atoms with Crippen molar-refractivity contribution in [3.63, 3.8) is 0 Å². The molecule has 1 N–H and O–H groups in total. The summed E-state index contributed by atoms with van der Waals surface area (Å²) in [5.41, 5.74) is 2.36. The number of aromatic nitrogens is 2. The summed E-state index contributed by atoms with van der Waals surface area (Å²) in [5, 5.41) is 3.99. The number of nitrogens with zero attached hydrogens (tertiary/aromatic N) is 3. The van der Waals surface area contributed by atoms with E-state index in [-0.39, 0.29) is 17.8 Å². The van der Waals surface area contributed by atoms with Crippen LogP contribution in [0.2, 0.25) is 0 Å². The third kappa shape index (κ3) is 3.16. The van der Waals surface area contributed by atoms with Crippen LogP contribution in [0.25, 0.3) is 22.0 Å². The highest BCUT2D eigenvalue weighted by Gasteiger charge is 2.29. The van der Waals surface area contributed by atoms with Crippen LogP contribution >= 0.6 is 0 Å². The van der Waals surface area contributed by atoms with E-state index in [4.69, 9.17) is 4.74 Å². The summed E-state index contributed by atoms with van der Waals surface area (Å²) in [5.74, 6) is 0.924. The fourth-order valence-electron chi connectivity index (χ4n) is 3.34. The number of ether oxygens (including phenoxy) is 1. The summed E-state index contributed by atoms with van der Waals surface area (Å²) >= 11 is 0. The fraction of sp³-hybridized carbons (Fsp3) is 0.250. The van der Waals surface area contributed by atoms with Gasteiger partial charge in [0.25, 0.3) is 0 Å². The molecule has 4 rings (SSSR count). The minimum absolute atomic E-state index is 0.0448. The van der Waals surface area contributed by atoms with E-state index in [1.165, 1.54) is 18.5 Å². The molecule has 1 aliphatic heterocycles. The van der Waals surface area contributed by atoms with Gasteiger partial charge in [0.05, 0.1) is 7.11 Å². The van der Waals surface area contributed by atoms with E-state index in [2.05, 4.69) is 15.3 Å². The molecule has 0 aliphatic carbocycles. The molecule has 6 nitrogen and oxygen atoms in total. The third-order valence-electron chi connectivity index (χ3n) is 4.84. The second kappa shape index (κ2) is 6.83. The number of anilines is 1. The number of halogens is 1. The lowest BCUT2D eigenvalue weighted by atomic mass is 10.0. The number of amides is 1. The summed E-state index contributed by atoms with van der Waals surface area (Å²) in [6, 6.07) is 9.73. The lowest BCUT2D eigenvalue weighted by Gasteiger charge is -2.16. The number of carbonyl (C=O) groups excluding carboxylic acids is 1. The first-order chi connectivity index (χ1) is 13.1. The molecule has 0 spiro atoms. The molecule has 1 atom stereocenters. The normalized spacial score (nSPS) is 16.8. The zero-order valence-electron chi connectivity index (χ0n) is 15.1. The molecule has 7 heteroatoms. The molecule has 0 bridgehead atoms. The number of hydrogen-bond donors (Lipinski definition) is 1. The summed E-state index contributed by atoms with van der Waals surface area (Å²) < 4.78 is 18.8. The molecule has 2 heterocycles. The highest BCUT2D eigenvalue weighted by atomic mass is 19.1. The van der Waals surface area contributed by atoms with Crippen molar-refractivity contribution in [3.8, 4) is 16.9 Å². The molecule has 0 radical (unpaired) electrons. The van der Waals surface area contributed by atoms with E-state index in [0.717, 1.165) is 22.9 Å². The van der Waals surface area contributed by atoms with Crippen LogP contribution in [0, 0.1) is 5.82 Å². The third-order valence-corrected chi connectivity index (χ3v) is 4.84. The van der Waals surface area contributed by atoms with Crippen molar-refractivity contribution in [1.82, 2.24) is 14.9 Å². The molecule has 1 aromatic heterocycles. The molecule has 0 saturated carbocycles. The summed E-state index contributed by atoms with van der Waals surface area (Å²) in [4.78, 5) is 22.6. The van der Waals surface area contributed by atoms with Crippen molar-refractivity contribution in [2.45, 2.75) is 12.5 Å². The van der Waals surface area contributed by atoms with Crippen molar-refractivity contribution in [2.75, 3.05) is 26.0 Å². The Bertz CT molecular complexity index is 1010. The second-order valence-electron chi connectivity index (χ2n) is 6.55. The lowest BCUT2D eigenvalue weighted by molar-refractivity contribution is -0.127. The molecule has 1 amide bonds. The van der Waals surface area contributed by atoms with E-state index in [0.29, 0.717) is 23.6 Å². The molecular formula is C20H19FN4O2. The van der Waals surface area contributed by atoms with Crippen LogP contribution in [0.1, 0.15) is 6.42 Å². The van der Waals surface area contributed by atoms with Gasteiger partial charge in [0.15, 0.2) is 0 Å². The van der Waals surface area contributed by atoms with Crippen LogP contribution < -0.4 is 10.1 Å². The van der Waals surface area contributed by atoms with Crippen molar-refractivity contribution < 1.29 is 13.9 Å². The topological polar surface area (TPSA) is 67.3 Å². The molecule has 1 aliphatic rings. The SMILES string of the molecule is COc1cc(-c2ccc(F)cc2)cc2c(NC3CCN(C)C3=O)ncnc12. The summed E-state index contributed by atoms with van der Waals surface area (Å²) in [6.45, 7) is 0.712. The fourth-order valence-corrected chi connectivity index (χ4v) is 3.34. The molecule has 2 aromatic carbocycles. The van der Waals surface area contributed by atoms with E-state index in [9.17, 15) is 9.18 Å². The Kier molecular flexibility index (Phi) is 4.35. The van der Waals surface area contributed by atoms with Crippen molar-refractivity contribution in [3.05, 3.63) is 48.5 Å². The minimum Gasteiger partial charge on any atom is -0.494 e. The predicted octanol–water partition coefficient (Wildman–Crippen LogP) is 3.09. The number of nitrogens with one attached hydrogen (secondary N) is 1. The largest absolute Gasteiger partial charge is 0.494 e. The van der Waals surface area contributed by atoms with Crippen LogP contribution in [-0.4, -0.2) is 47.5 Å². The Balaban J connectivity index is 1.81. The zero-order valence-corrected chi connectivity index (χ0v) is 15.1. The average Bonchev–Trinajstić information content (AvgIpc) is 3.00. The zero-order chi connectivity index (χ0) is 19.0. The first-order valence-corrected chi connectivity index (χ1v) is 8.67. The highest BCUT2D eigenvalue weighted by molar-refractivity contribution is 5.98. The smallest absolute Gasteiger partial charge is 0.244 e. The maximum absolute atomic E-state index is 13.3. The molecular weight excluding hydrogens is 347 g/mol. The summed E-state index contributed by atoms with van der Waals surface area (Å²) in [7, 11) is 3.37. The predicted molar refractivity (Wildman–Crippen MR) is 101 cm³/mol. The minimum atomic E-state index is -0.312. The Morgan fingerprint density at radius 1 is 1.19 bits per heavy atom. The number of likely N-dealkylation sites (tertiary alicyclic amines) is 1.